The van der Waals surface area contributed by atoms with Gasteiger partial charge in [-0.05, 0) is 24.3 Å². The summed E-state index contributed by atoms with van der Waals surface area (Å²) in [4.78, 5) is 43.6. The molecule has 6 heteroatoms. The van der Waals surface area contributed by atoms with Crippen LogP contribution in [0.2, 0.25) is 0 Å². The van der Waals surface area contributed by atoms with Crippen molar-refractivity contribution in [3.63, 3.8) is 0 Å². The zero-order valence-corrected chi connectivity index (χ0v) is 12.5. The quantitative estimate of drug-likeness (QED) is 0.643. The molecule has 6 nitrogen and oxygen atoms in total. The van der Waals surface area contributed by atoms with Crippen LogP contribution < -0.4 is 0 Å². The number of amides is 2. The van der Waals surface area contributed by atoms with E-state index in [-0.39, 0.29) is 12.3 Å². The number of para-hydroxylation sites is 2. The highest BCUT2D eigenvalue weighted by molar-refractivity contribution is 6.23. The van der Waals surface area contributed by atoms with Crippen LogP contribution in [-0.4, -0.2) is 38.2 Å². The van der Waals surface area contributed by atoms with E-state index in [1.807, 2.05) is 24.3 Å². The summed E-state index contributed by atoms with van der Waals surface area (Å²) in [5, 5.41) is 0. The second-order valence-corrected chi connectivity index (χ2v) is 5.94. The number of aromatic nitrogens is 2. The fourth-order valence-electron chi connectivity index (χ4n) is 3.56. The Hall–Kier alpha value is -3.28. The molecule has 1 atom stereocenters. The molecule has 0 spiro atoms. The van der Waals surface area contributed by atoms with Crippen LogP contribution in [0.5, 0.6) is 0 Å². The number of imidazole rings is 1. The highest BCUT2D eigenvalue weighted by Gasteiger charge is 2.46. The molecule has 0 unspecified atom stereocenters. The predicted molar refractivity (Wildman–Crippen MR) is 84.8 cm³/mol. The first-order valence-electron chi connectivity index (χ1n) is 7.64. The maximum Gasteiger partial charge on any atom is 0.262 e. The minimum atomic E-state index is -0.829. The van der Waals surface area contributed by atoms with Crippen molar-refractivity contribution in [3.8, 4) is 0 Å². The molecule has 2 aliphatic heterocycles. The van der Waals surface area contributed by atoms with Gasteiger partial charge in [0.2, 0.25) is 0 Å². The van der Waals surface area contributed by atoms with Crippen molar-refractivity contribution in [2.75, 3.05) is 0 Å². The Morgan fingerprint density at radius 1 is 0.875 bits per heavy atom. The van der Waals surface area contributed by atoms with Gasteiger partial charge in [-0.1, -0.05) is 24.3 Å². The van der Waals surface area contributed by atoms with Crippen molar-refractivity contribution >= 4 is 28.8 Å². The van der Waals surface area contributed by atoms with Crippen molar-refractivity contribution in [2.24, 2.45) is 0 Å². The van der Waals surface area contributed by atoms with Gasteiger partial charge in [0.25, 0.3) is 17.7 Å². The number of fused-ring (bicyclic) bond motifs is 4. The second-order valence-electron chi connectivity index (χ2n) is 5.94. The summed E-state index contributed by atoms with van der Waals surface area (Å²) in [6, 6.07) is 13.2. The molecule has 1 aromatic heterocycles. The summed E-state index contributed by atoms with van der Waals surface area (Å²) in [6.45, 7) is 0. The van der Waals surface area contributed by atoms with Crippen molar-refractivity contribution in [1.82, 2.24) is 14.5 Å². The number of carbonyl (C=O) groups excluding carboxylic acids is 3. The smallest absolute Gasteiger partial charge is 0.262 e. The van der Waals surface area contributed by atoms with Gasteiger partial charge < -0.3 is 0 Å². The van der Waals surface area contributed by atoms with Crippen LogP contribution in [0.3, 0.4) is 0 Å². The van der Waals surface area contributed by atoms with E-state index in [2.05, 4.69) is 4.98 Å². The zero-order valence-electron chi connectivity index (χ0n) is 12.5. The molecule has 5 rings (SSSR count). The average Bonchev–Trinajstić information content (AvgIpc) is 3.19. The molecule has 0 fully saturated rings. The molecule has 0 bridgehead atoms. The van der Waals surface area contributed by atoms with Gasteiger partial charge in [0.05, 0.1) is 22.2 Å². The van der Waals surface area contributed by atoms with E-state index in [9.17, 15) is 14.4 Å². The van der Waals surface area contributed by atoms with Gasteiger partial charge in [-0.3, -0.25) is 23.9 Å². The van der Waals surface area contributed by atoms with Gasteiger partial charge >= 0.3 is 0 Å². The molecule has 2 amide bonds. The lowest BCUT2D eigenvalue weighted by atomic mass is 10.1. The molecule has 116 valence electrons. The fourth-order valence-corrected chi connectivity index (χ4v) is 3.56. The third-order valence-corrected chi connectivity index (χ3v) is 4.65. The normalized spacial score (nSPS) is 19.2. The Kier molecular flexibility index (Phi) is 2.41. The van der Waals surface area contributed by atoms with E-state index in [1.54, 1.807) is 24.3 Å². The summed E-state index contributed by atoms with van der Waals surface area (Å²) >= 11 is 0. The fraction of sp³-hybridized carbons (Fsp3) is 0.111. The topological polar surface area (TPSA) is 72.3 Å². The third kappa shape index (κ3) is 1.49. The van der Waals surface area contributed by atoms with Gasteiger partial charge in [-0.25, -0.2) is 4.98 Å². The highest BCUT2D eigenvalue weighted by atomic mass is 16.2. The summed E-state index contributed by atoms with van der Waals surface area (Å²) in [6.07, 6.45) is 0.249. The molecular weight excluding hydrogens is 306 g/mol. The van der Waals surface area contributed by atoms with Gasteiger partial charge in [0.1, 0.15) is 11.9 Å². The standard InChI is InChI=1S/C18H11N3O3/c22-16-10-5-1-2-6-11(10)17(23)21(16)14-9-15-19-12-7-3-4-8-13(12)20(15)18(14)24/h1-8,14H,9H2/t14-/m1/s1. The van der Waals surface area contributed by atoms with Gasteiger partial charge in [-0.15, -0.1) is 0 Å². The minimum Gasteiger partial charge on any atom is -0.272 e. The number of hydrogen-bond acceptors (Lipinski definition) is 4. The summed E-state index contributed by atoms with van der Waals surface area (Å²) in [7, 11) is 0. The van der Waals surface area contributed by atoms with Crippen LogP contribution in [-0.2, 0) is 6.42 Å². The first-order chi connectivity index (χ1) is 11.7. The molecule has 2 aromatic carbocycles. The number of imide groups is 1. The van der Waals surface area contributed by atoms with E-state index in [1.165, 1.54) is 4.57 Å². The Morgan fingerprint density at radius 2 is 1.50 bits per heavy atom. The second kappa shape index (κ2) is 4.38. The molecule has 0 N–H and O–H groups in total. The Labute approximate surface area is 136 Å². The first kappa shape index (κ1) is 13.2. The monoisotopic (exact) mass is 317 g/mol. The van der Waals surface area contributed by atoms with Crippen LogP contribution in [0.15, 0.2) is 48.5 Å². The van der Waals surface area contributed by atoms with E-state index in [4.69, 9.17) is 0 Å². The van der Waals surface area contributed by atoms with Gasteiger partial charge in [0, 0.05) is 6.42 Å². The summed E-state index contributed by atoms with van der Waals surface area (Å²) in [5.74, 6) is -0.524. The summed E-state index contributed by atoms with van der Waals surface area (Å²) < 4.78 is 1.52. The largest absolute Gasteiger partial charge is 0.272 e. The van der Waals surface area contributed by atoms with Gasteiger partial charge in [0.15, 0.2) is 0 Å². The van der Waals surface area contributed by atoms with Crippen molar-refractivity contribution in [1.29, 1.82) is 0 Å². The molecule has 2 aliphatic rings. The number of hydrogen-bond donors (Lipinski definition) is 0. The highest BCUT2D eigenvalue weighted by Crippen LogP contribution is 2.31. The average molecular weight is 317 g/mol. The number of carbonyl (C=O) groups is 3. The van der Waals surface area contributed by atoms with Gasteiger partial charge in [-0.2, -0.15) is 0 Å². The Morgan fingerprint density at radius 3 is 2.21 bits per heavy atom. The molecule has 0 saturated carbocycles. The lowest BCUT2D eigenvalue weighted by Crippen LogP contribution is -2.44. The van der Waals surface area contributed by atoms with Crippen molar-refractivity contribution in [3.05, 3.63) is 65.5 Å². The number of nitrogens with zero attached hydrogens (tertiary/aromatic N) is 3. The zero-order chi connectivity index (χ0) is 16.4. The van der Waals surface area contributed by atoms with Crippen LogP contribution >= 0.6 is 0 Å². The van der Waals surface area contributed by atoms with Crippen LogP contribution in [0.25, 0.3) is 11.0 Å². The number of benzene rings is 2. The lowest BCUT2D eigenvalue weighted by molar-refractivity contribution is 0.0535. The predicted octanol–water partition coefficient (Wildman–Crippen LogP) is 1.90. The first-order valence-corrected chi connectivity index (χ1v) is 7.64. The maximum absolute atomic E-state index is 12.9. The van der Waals surface area contributed by atoms with Crippen LogP contribution in [0.4, 0.5) is 0 Å². The SMILES string of the molecule is O=C1c2ccccc2C(=O)N1[C@@H]1Cc2nc3ccccc3n2C1=O. The van der Waals surface area contributed by atoms with E-state index in [0.717, 1.165) is 10.4 Å². The van der Waals surface area contributed by atoms with Crippen molar-refractivity contribution in [2.45, 2.75) is 12.5 Å². The maximum atomic E-state index is 12.9. The third-order valence-electron chi connectivity index (χ3n) is 4.65. The van der Waals surface area contributed by atoms with Crippen LogP contribution in [0, 0.1) is 0 Å². The molecule has 0 saturated heterocycles. The molecule has 24 heavy (non-hydrogen) atoms. The minimum absolute atomic E-state index is 0.249. The van der Waals surface area contributed by atoms with Crippen molar-refractivity contribution < 1.29 is 14.4 Å². The van der Waals surface area contributed by atoms with E-state index >= 15 is 0 Å². The molecule has 0 radical (unpaired) electrons. The summed E-state index contributed by atoms with van der Waals surface area (Å²) in [5.41, 5.74) is 2.15. The van der Waals surface area contributed by atoms with Crippen LogP contribution in [0.1, 0.15) is 31.3 Å². The molecular formula is C18H11N3O3. The molecule has 3 heterocycles. The van der Waals surface area contributed by atoms with E-state index in [0.29, 0.717) is 22.5 Å². The molecule has 3 aromatic rings. The molecule has 0 aliphatic carbocycles. The lowest BCUT2D eigenvalue weighted by Gasteiger charge is -2.19. The Bertz CT molecular complexity index is 1030. The Balaban J connectivity index is 1.59. The number of rotatable bonds is 1. The van der Waals surface area contributed by atoms with E-state index < -0.39 is 17.9 Å².